The predicted octanol–water partition coefficient (Wildman–Crippen LogP) is 1.76. The Morgan fingerprint density at radius 1 is 1.50 bits per heavy atom. The number of aliphatic carboxylic acids is 1. The molecule has 0 spiro atoms. The number of carboxylic acids is 1. The van der Waals surface area contributed by atoms with Crippen molar-refractivity contribution in [3.05, 3.63) is 24.0 Å². The van der Waals surface area contributed by atoms with Crippen LogP contribution in [-0.2, 0) is 4.79 Å². The second kappa shape index (κ2) is 5.25. The second-order valence-electron chi connectivity index (χ2n) is 4.76. The highest BCUT2D eigenvalue weighted by atomic mass is 16.4. The van der Waals surface area contributed by atoms with Crippen LogP contribution < -0.4 is 0 Å². The molecule has 0 radical (unpaired) electrons. The molecular formula is C13H18N2O3. The van der Waals surface area contributed by atoms with Gasteiger partial charge in [0.2, 0.25) is 0 Å². The van der Waals surface area contributed by atoms with Gasteiger partial charge >= 0.3 is 5.97 Å². The standard InChI is InChI=1S/C13H18N2O3/c1-14(9-7-12(16)17)13(18)11-6-3-8-15(11)10-4-2-5-10/h3,6,8,10H,2,4-5,7,9H2,1H3,(H,16,17). The average Bonchev–Trinajstić information content (AvgIpc) is 2.71. The van der Waals surface area contributed by atoms with E-state index in [9.17, 15) is 9.59 Å². The number of amides is 1. The largest absolute Gasteiger partial charge is 0.481 e. The van der Waals surface area contributed by atoms with Gasteiger partial charge in [-0.2, -0.15) is 0 Å². The third-order valence-electron chi connectivity index (χ3n) is 3.47. The maximum absolute atomic E-state index is 12.2. The molecule has 98 valence electrons. The lowest BCUT2D eigenvalue weighted by atomic mass is 9.93. The SMILES string of the molecule is CN(CCC(=O)O)C(=O)c1cccn1C1CCC1. The molecule has 1 aromatic heterocycles. The van der Waals surface area contributed by atoms with Crippen molar-refractivity contribution in [1.82, 2.24) is 9.47 Å². The van der Waals surface area contributed by atoms with Gasteiger partial charge in [-0.25, -0.2) is 0 Å². The molecule has 0 atom stereocenters. The minimum Gasteiger partial charge on any atom is -0.481 e. The summed E-state index contributed by atoms with van der Waals surface area (Å²) in [5, 5.41) is 8.62. The van der Waals surface area contributed by atoms with Gasteiger partial charge < -0.3 is 14.6 Å². The van der Waals surface area contributed by atoms with Crippen molar-refractivity contribution in [2.24, 2.45) is 0 Å². The lowest BCUT2D eigenvalue weighted by Crippen LogP contribution is -2.32. The summed E-state index contributed by atoms with van der Waals surface area (Å²) in [6.07, 6.45) is 5.36. The van der Waals surface area contributed by atoms with Crippen LogP contribution in [0.25, 0.3) is 0 Å². The molecule has 1 aromatic rings. The lowest BCUT2D eigenvalue weighted by molar-refractivity contribution is -0.137. The summed E-state index contributed by atoms with van der Waals surface area (Å²) in [6.45, 7) is 0.240. The first-order valence-corrected chi connectivity index (χ1v) is 6.23. The van der Waals surface area contributed by atoms with Crippen LogP contribution >= 0.6 is 0 Å². The van der Waals surface area contributed by atoms with Crippen molar-refractivity contribution in [2.45, 2.75) is 31.7 Å². The van der Waals surface area contributed by atoms with Crippen molar-refractivity contribution >= 4 is 11.9 Å². The van der Waals surface area contributed by atoms with Crippen LogP contribution in [0.1, 0.15) is 42.2 Å². The quantitative estimate of drug-likeness (QED) is 0.866. The first-order valence-electron chi connectivity index (χ1n) is 6.23. The van der Waals surface area contributed by atoms with E-state index in [2.05, 4.69) is 0 Å². The summed E-state index contributed by atoms with van der Waals surface area (Å²) >= 11 is 0. The minimum absolute atomic E-state index is 0.0215. The molecule has 0 aliphatic heterocycles. The molecule has 0 unspecified atom stereocenters. The Hall–Kier alpha value is -1.78. The molecule has 5 nitrogen and oxygen atoms in total. The highest BCUT2D eigenvalue weighted by Crippen LogP contribution is 2.32. The van der Waals surface area contributed by atoms with Crippen molar-refractivity contribution in [3.8, 4) is 0 Å². The van der Waals surface area contributed by atoms with Gasteiger partial charge in [0.1, 0.15) is 5.69 Å². The molecule has 1 aliphatic carbocycles. The maximum atomic E-state index is 12.2. The zero-order chi connectivity index (χ0) is 13.1. The van der Waals surface area contributed by atoms with Crippen molar-refractivity contribution in [3.63, 3.8) is 0 Å². The Labute approximate surface area is 106 Å². The number of carbonyl (C=O) groups is 2. The lowest BCUT2D eigenvalue weighted by Gasteiger charge is -2.29. The van der Waals surface area contributed by atoms with E-state index in [1.165, 1.54) is 11.3 Å². The van der Waals surface area contributed by atoms with E-state index in [-0.39, 0.29) is 18.9 Å². The predicted molar refractivity (Wildman–Crippen MR) is 66.5 cm³/mol. The molecule has 1 amide bonds. The van der Waals surface area contributed by atoms with E-state index >= 15 is 0 Å². The number of nitrogens with zero attached hydrogens (tertiary/aromatic N) is 2. The summed E-state index contributed by atoms with van der Waals surface area (Å²) in [5.41, 5.74) is 0.660. The average molecular weight is 250 g/mol. The fraction of sp³-hybridized carbons (Fsp3) is 0.538. The van der Waals surface area contributed by atoms with E-state index in [0.717, 1.165) is 12.8 Å². The van der Waals surface area contributed by atoms with Gasteiger partial charge in [0, 0.05) is 25.8 Å². The third kappa shape index (κ3) is 2.55. The molecule has 1 saturated carbocycles. The summed E-state index contributed by atoms with van der Waals surface area (Å²) in [6, 6.07) is 4.11. The zero-order valence-corrected chi connectivity index (χ0v) is 10.5. The first kappa shape index (κ1) is 12.7. The molecule has 2 rings (SSSR count). The Kier molecular flexibility index (Phi) is 3.69. The van der Waals surface area contributed by atoms with Gasteiger partial charge in [0.25, 0.3) is 5.91 Å². The van der Waals surface area contributed by atoms with Gasteiger partial charge in [-0.3, -0.25) is 9.59 Å². The summed E-state index contributed by atoms with van der Waals surface area (Å²) in [7, 11) is 1.64. The number of hydrogen-bond acceptors (Lipinski definition) is 2. The van der Waals surface area contributed by atoms with Crippen LogP contribution in [0.4, 0.5) is 0 Å². The number of rotatable bonds is 5. The minimum atomic E-state index is -0.885. The normalized spacial score (nSPS) is 15.2. The first-order chi connectivity index (χ1) is 8.59. The van der Waals surface area contributed by atoms with Crippen molar-refractivity contribution in [2.75, 3.05) is 13.6 Å². The van der Waals surface area contributed by atoms with Crippen molar-refractivity contribution in [1.29, 1.82) is 0 Å². The summed E-state index contributed by atoms with van der Waals surface area (Å²) in [5.74, 6) is -0.989. The topological polar surface area (TPSA) is 62.5 Å². The molecule has 1 heterocycles. The molecule has 5 heteroatoms. The number of carboxylic acid groups (broad SMARTS) is 1. The maximum Gasteiger partial charge on any atom is 0.305 e. The highest BCUT2D eigenvalue weighted by molar-refractivity contribution is 5.92. The summed E-state index contributed by atoms with van der Waals surface area (Å²) < 4.78 is 2.02. The van der Waals surface area contributed by atoms with Crippen LogP contribution in [0.15, 0.2) is 18.3 Å². The Morgan fingerprint density at radius 2 is 2.22 bits per heavy atom. The van der Waals surface area contributed by atoms with Gasteiger partial charge in [-0.05, 0) is 31.4 Å². The third-order valence-corrected chi connectivity index (χ3v) is 3.47. The number of aromatic nitrogens is 1. The second-order valence-corrected chi connectivity index (χ2v) is 4.76. The number of hydrogen-bond donors (Lipinski definition) is 1. The van der Waals surface area contributed by atoms with E-state index in [4.69, 9.17) is 5.11 Å². The van der Waals surface area contributed by atoms with E-state index < -0.39 is 5.97 Å². The summed E-state index contributed by atoms with van der Waals surface area (Å²) in [4.78, 5) is 24.2. The van der Waals surface area contributed by atoms with Gasteiger partial charge in [0.15, 0.2) is 0 Å². The molecule has 18 heavy (non-hydrogen) atoms. The van der Waals surface area contributed by atoms with E-state index in [1.54, 1.807) is 13.1 Å². The Morgan fingerprint density at radius 3 is 2.78 bits per heavy atom. The highest BCUT2D eigenvalue weighted by Gasteiger charge is 2.24. The molecular weight excluding hydrogens is 232 g/mol. The van der Waals surface area contributed by atoms with Crippen LogP contribution in [0, 0.1) is 0 Å². The van der Waals surface area contributed by atoms with Crippen LogP contribution in [0.3, 0.4) is 0 Å². The molecule has 0 aromatic carbocycles. The smallest absolute Gasteiger partial charge is 0.305 e. The van der Waals surface area contributed by atoms with Crippen LogP contribution in [0.2, 0.25) is 0 Å². The molecule has 0 bridgehead atoms. The molecule has 1 fully saturated rings. The fourth-order valence-corrected chi connectivity index (χ4v) is 2.12. The fourth-order valence-electron chi connectivity index (χ4n) is 2.12. The molecule has 1 aliphatic rings. The van der Waals surface area contributed by atoms with Crippen LogP contribution in [-0.4, -0.2) is 40.0 Å². The zero-order valence-electron chi connectivity index (χ0n) is 10.5. The van der Waals surface area contributed by atoms with Gasteiger partial charge in [0.05, 0.1) is 6.42 Å². The monoisotopic (exact) mass is 250 g/mol. The van der Waals surface area contributed by atoms with Crippen LogP contribution in [0.5, 0.6) is 0 Å². The van der Waals surface area contributed by atoms with Gasteiger partial charge in [-0.15, -0.1) is 0 Å². The molecule has 1 N–H and O–H groups in total. The molecule has 0 saturated heterocycles. The van der Waals surface area contributed by atoms with Crippen molar-refractivity contribution < 1.29 is 14.7 Å². The Balaban J connectivity index is 2.03. The van der Waals surface area contributed by atoms with E-state index in [0.29, 0.717) is 11.7 Å². The number of carbonyl (C=O) groups excluding carboxylic acids is 1. The Bertz CT molecular complexity index is 449. The van der Waals surface area contributed by atoms with E-state index in [1.807, 2.05) is 16.8 Å². The van der Waals surface area contributed by atoms with Gasteiger partial charge in [-0.1, -0.05) is 0 Å².